The van der Waals surface area contributed by atoms with Crippen molar-refractivity contribution in [2.24, 2.45) is 11.8 Å². The van der Waals surface area contributed by atoms with Crippen LogP contribution in [0.4, 0.5) is 4.39 Å². The van der Waals surface area contributed by atoms with Crippen molar-refractivity contribution in [3.05, 3.63) is 34.6 Å². The van der Waals surface area contributed by atoms with Gasteiger partial charge in [-0.15, -0.1) is 0 Å². The number of nitrogens with zero attached hydrogens (tertiary/aromatic N) is 1. The molecule has 1 aliphatic heterocycles. The molecule has 4 nitrogen and oxygen atoms in total. The van der Waals surface area contributed by atoms with Crippen LogP contribution >= 0.6 is 11.6 Å². The lowest BCUT2D eigenvalue weighted by Crippen LogP contribution is -2.41. The summed E-state index contributed by atoms with van der Waals surface area (Å²) in [6, 6.07) is 3.98. The third-order valence-corrected chi connectivity index (χ3v) is 4.37. The second-order valence-electron chi connectivity index (χ2n) is 6.05. The van der Waals surface area contributed by atoms with Crippen LogP contribution in [0.3, 0.4) is 0 Å². The minimum Gasteiger partial charge on any atom is -0.351 e. The summed E-state index contributed by atoms with van der Waals surface area (Å²) in [7, 11) is 0. The van der Waals surface area contributed by atoms with E-state index in [-0.39, 0.29) is 34.4 Å². The number of carbonyl (C=O) groups excluding carboxylic acids is 2. The van der Waals surface area contributed by atoms with Crippen molar-refractivity contribution in [3.63, 3.8) is 0 Å². The van der Waals surface area contributed by atoms with Gasteiger partial charge in [-0.3, -0.25) is 9.59 Å². The average Bonchev–Trinajstić information content (AvgIpc) is 2.84. The maximum absolute atomic E-state index is 13.5. The summed E-state index contributed by atoms with van der Waals surface area (Å²) in [4.78, 5) is 25.5. The van der Waals surface area contributed by atoms with Crippen LogP contribution in [0.1, 0.15) is 31.1 Å². The van der Waals surface area contributed by atoms with Gasteiger partial charge in [0.15, 0.2) is 0 Å². The second-order valence-corrected chi connectivity index (χ2v) is 6.46. The van der Waals surface area contributed by atoms with Crippen LogP contribution in [0.2, 0.25) is 5.02 Å². The largest absolute Gasteiger partial charge is 0.351 e. The molecule has 22 heavy (non-hydrogen) atoms. The molecule has 0 bridgehead atoms. The molecule has 1 N–H and O–H groups in total. The number of rotatable bonds is 3. The summed E-state index contributed by atoms with van der Waals surface area (Å²) in [5.74, 6) is -0.441. The lowest BCUT2D eigenvalue weighted by atomic mass is 9.91. The summed E-state index contributed by atoms with van der Waals surface area (Å²) < 4.78 is 13.5. The molecule has 2 amide bonds. The Morgan fingerprint density at radius 1 is 1.36 bits per heavy atom. The summed E-state index contributed by atoms with van der Waals surface area (Å²) >= 11 is 5.64. The smallest absolute Gasteiger partial charge is 0.254 e. The fraction of sp³-hybridized carbons (Fsp3) is 0.500. The Hall–Kier alpha value is -1.62. The molecule has 0 aliphatic carbocycles. The first-order chi connectivity index (χ1) is 10.3. The monoisotopic (exact) mass is 326 g/mol. The Morgan fingerprint density at radius 2 is 2.05 bits per heavy atom. The van der Waals surface area contributed by atoms with Gasteiger partial charge < -0.3 is 10.2 Å². The molecule has 0 saturated carbocycles. The van der Waals surface area contributed by atoms with Crippen molar-refractivity contribution in [2.75, 3.05) is 13.1 Å². The standard InChI is InChI=1S/C16H20ClFN2O2/c1-9(2)12-7-20(8-15(12)19-10(3)21)16(22)11-4-5-13(17)14(18)6-11/h4-6,9,12,15H,7-8H2,1-3H3,(H,19,21). The Kier molecular flexibility index (Phi) is 5.06. The zero-order chi connectivity index (χ0) is 16.4. The molecular formula is C16H20ClFN2O2. The SMILES string of the molecule is CC(=O)NC1CN(C(=O)c2ccc(Cl)c(F)c2)CC1C(C)C. The number of amides is 2. The molecule has 1 aliphatic rings. The average molecular weight is 327 g/mol. The van der Waals surface area contributed by atoms with Crippen molar-refractivity contribution >= 4 is 23.4 Å². The maximum atomic E-state index is 13.5. The number of benzene rings is 1. The molecule has 2 rings (SSSR count). The van der Waals surface area contributed by atoms with E-state index in [1.165, 1.54) is 19.1 Å². The van der Waals surface area contributed by atoms with Crippen LogP contribution in [-0.4, -0.2) is 35.8 Å². The predicted molar refractivity (Wildman–Crippen MR) is 83.2 cm³/mol. The summed E-state index contributed by atoms with van der Waals surface area (Å²) in [6.07, 6.45) is 0. The highest BCUT2D eigenvalue weighted by Crippen LogP contribution is 2.26. The first kappa shape index (κ1) is 16.7. The molecule has 0 spiro atoms. The van der Waals surface area contributed by atoms with Crippen LogP contribution in [0.15, 0.2) is 18.2 Å². The summed E-state index contributed by atoms with van der Waals surface area (Å²) in [5.41, 5.74) is 0.271. The van der Waals surface area contributed by atoms with Crippen molar-refractivity contribution in [3.8, 4) is 0 Å². The van der Waals surface area contributed by atoms with Crippen LogP contribution < -0.4 is 5.32 Å². The van der Waals surface area contributed by atoms with E-state index in [1.54, 1.807) is 4.90 Å². The number of nitrogens with one attached hydrogen (secondary N) is 1. The highest BCUT2D eigenvalue weighted by atomic mass is 35.5. The molecule has 1 heterocycles. The number of carbonyl (C=O) groups is 2. The van der Waals surface area contributed by atoms with E-state index >= 15 is 0 Å². The third-order valence-electron chi connectivity index (χ3n) is 4.06. The van der Waals surface area contributed by atoms with Gasteiger partial charge in [-0.25, -0.2) is 4.39 Å². The van der Waals surface area contributed by atoms with Crippen molar-refractivity contribution in [1.82, 2.24) is 10.2 Å². The van der Waals surface area contributed by atoms with Gasteiger partial charge in [0.05, 0.1) is 11.1 Å². The Bertz CT molecular complexity index is 592. The van der Waals surface area contributed by atoms with E-state index in [1.807, 2.05) is 0 Å². The lowest BCUT2D eigenvalue weighted by molar-refractivity contribution is -0.119. The molecule has 1 saturated heterocycles. The normalized spacial score (nSPS) is 21.3. The Balaban J connectivity index is 2.16. The molecule has 1 aromatic carbocycles. The summed E-state index contributed by atoms with van der Waals surface area (Å²) in [5, 5.41) is 2.90. The number of likely N-dealkylation sites (tertiary alicyclic amines) is 1. The first-order valence-electron chi connectivity index (χ1n) is 7.31. The molecule has 0 aromatic heterocycles. The molecule has 1 aromatic rings. The van der Waals surface area contributed by atoms with Gasteiger partial charge in [0, 0.05) is 31.5 Å². The fourth-order valence-corrected chi connectivity index (χ4v) is 3.01. The van der Waals surface area contributed by atoms with E-state index in [0.717, 1.165) is 6.07 Å². The van der Waals surface area contributed by atoms with Gasteiger partial charge in [0.1, 0.15) is 5.82 Å². The van der Waals surface area contributed by atoms with E-state index in [0.29, 0.717) is 19.0 Å². The van der Waals surface area contributed by atoms with Gasteiger partial charge >= 0.3 is 0 Å². The van der Waals surface area contributed by atoms with Crippen molar-refractivity contribution < 1.29 is 14.0 Å². The quantitative estimate of drug-likeness (QED) is 0.928. The Labute approximate surface area is 134 Å². The van der Waals surface area contributed by atoms with Gasteiger partial charge in [-0.1, -0.05) is 25.4 Å². The zero-order valence-corrected chi connectivity index (χ0v) is 13.7. The van der Waals surface area contributed by atoms with Gasteiger partial charge in [-0.2, -0.15) is 0 Å². The van der Waals surface area contributed by atoms with E-state index in [9.17, 15) is 14.0 Å². The maximum Gasteiger partial charge on any atom is 0.254 e. The lowest BCUT2D eigenvalue weighted by Gasteiger charge is -2.21. The van der Waals surface area contributed by atoms with E-state index in [4.69, 9.17) is 11.6 Å². The minimum absolute atomic E-state index is 0.00542. The molecule has 1 fully saturated rings. The zero-order valence-electron chi connectivity index (χ0n) is 12.9. The van der Waals surface area contributed by atoms with Crippen LogP contribution in [-0.2, 0) is 4.79 Å². The third kappa shape index (κ3) is 3.58. The number of hydrogen-bond acceptors (Lipinski definition) is 2. The Morgan fingerprint density at radius 3 is 2.59 bits per heavy atom. The van der Waals surface area contributed by atoms with Crippen LogP contribution in [0.5, 0.6) is 0 Å². The van der Waals surface area contributed by atoms with E-state index in [2.05, 4.69) is 19.2 Å². The second kappa shape index (κ2) is 6.65. The predicted octanol–water partition coefficient (Wildman–Crippen LogP) is 2.71. The molecule has 2 atom stereocenters. The van der Waals surface area contributed by atoms with Gasteiger partial charge in [0.2, 0.25) is 5.91 Å². The number of halogens is 2. The van der Waals surface area contributed by atoms with Crippen molar-refractivity contribution in [2.45, 2.75) is 26.8 Å². The molecule has 2 unspecified atom stereocenters. The highest BCUT2D eigenvalue weighted by Gasteiger charge is 2.37. The first-order valence-corrected chi connectivity index (χ1v) is 7.68. The summed E-state index contributed by atoms with van der Waals surface area (Å²) in [6.45, 7) is 6.58. The van der Waals surface area contributed by atoms with Crippen LogP contribution in [0, 0.1) is 17.7 Å². The topological polar surface area (TPSA) is 49.4 Å². The van der Waals surface area contributed by atoms with Crippen molar-refractivity contribution in [1.29, 1.82) is 0 Å². The molecule has 120 valence electrons. The molecule has 0 radical (unpaired) electrons. The minimum atomic E-state index is -0.606. The highest BCUT2D eigenvalue weighted by molar-refractivity contribution is 6.30. The number of hydrogen-bond donors (Lipinski definition) is 1. The van der Waals surface area contributed by atoms with Gasteiger partial charge in [0.25, 0.3) is 5.91 Å². The van der Waals surface area contributed by atoms with Gasteiger partial charge in [-0.05, 0) is 24.1 Å². The van der Waals surface area contributed by atoms with E-state index < -0.39 is 5.82 Å². The van der Waals surface area contributed by atoms with Crippen LogP contribution in [0.25, 0.3) is 0 Å². The molecule has 6 heteroatoms. The fourth-order valence-electron chi connectivity index (χ4n) is 2.90. The molecular weight excluding hydrogens is 307 g/mol.